The van der Waals surface area contributed by atoms with Crippen molar-refractivity contribution in [1.29, 1.82) is 0 Å². The Hall–Kier alpha value is -3.22. The van der Waals surface area contributed by atoms with Crippen LogP contribution in [0.25, 0.3) is 0 Å². The highest BCUT2D eigenvalue weighted by Gasteiger charge is 2.18. The lowest BCUT2D eigenvalue weighted by Gasteiger charge is -2.21. The third-order valence-electron chi connectivity index (χ3n) is 4.43. The molecule has 1 N–H and O–H groups in total. The molecule has 0 bridgehead atoms. The first-order valence-electron chi connectivity index (χ1n) is 9.14. The van der Waals surface area contributed by atoms with E-state index in [1.807, 2.05) is 36.5 Å². The Morgan fingerprint density at radius 2 is 1.14 bits per heavy atom. The van der Waals surface area contributed by atoms with Crippen molar-refractivity contribution in [1.82, 2.24) is 0 Å². The third-order valence-corrected chi connectivity index (χ3v) is 6.95. The van der Waals surface area contributed by atoms with E-state index in [1.165, 1.54) is 15.9 Å². The number of para-hydroxylation sites is 2. The maximum absolute atomic E-state index is 10.0. The third kappa shape index (κ3) is 4.03. The van der Waals surface area contributed by atoms with Crippen LogP contribution in [0.1, 0.15) is 5.56 Å². The first-order valence-corrected chi connectivity index (χ1v) is 10.5. The van der Waals surface area contributed by atoms with Crippen molar-refractivity contribution < 1.29 is 5.11 Å². The van der Waals surface area contributed by atoms with Gasteiger partial charge in [0.15, 0.2) is 0 Å². The molecule has 136 valence electrons. The van der Waals surface area contributed by atoms with E-state index in [1.54, 1.807) is 12.1 Å². The normalized spacial score (nSPS) is 11.2. The van der Waals surface area contributed by atoms with Crippen LogP contribution in [0, 0.1) is 0 Å². The number of phenolic OH excluding ortho intramolecular Hbond substituents is 1. The number of hydrogen-bond donors (Lipinski definition) is 1. The van der Waals surface area contributed by atoms with E-state index >= 15 is 0 Å². The molecule has 0 aliphatic rings. The van der Waals surface area contributed by atoms with E-state index < -0.39 is 7.92 Å². The number of phenols is 1. The molecule has 0 amide bonds. The highest BCUT2D eigenvalue weighted by atomic mass is 31.1. The SMILES string of the molecule is Oc1ccccc1N=Cc1ccccc1P(c1ccccc1)c1ccccc1. The number of nitrogens with zero attached hydrogens (tertiary/aromatic N) is 1. The molecule has 4 aromatic carbocycles. The summed E-state index contributed by atoms with van der Waals surface area (Å²) in [5.74, 6) is 0.185. The topological polar surface area (TPSA) is 32.6 Å². The maximum atomic E-state index is 10.0. The first-order chi connectivity index (χ1) is 13.8. The second-order valence-corrected chi connectivity index (χ2v) is 8.50. The van der Waals surface area contributed by atoms with Crippen LogP contribution in [0.5, 0.6) is 5.75 Å². The number of rotatable bonds is 5. The molecule has 0 aliphatic heterocycles. The van der Waals surface area contributed by atoms with E-state index in [0.717, 1.165) is 5.56 Å². The van der Waals surface area contributed by atoms with Gasteiger partial charge in [-0.25, -0.2) is 0 Å². The molecule has 28 heavy (non-hydrogen) atoms. The lowest BCUT2D eigenvalue weighted by Crippen LogP contribution is -2.23. The molecule has 0 atom stereocenters. The zero-order valence-corrected chi connectivity index (χ0v) is 16.2. The molecule has 0 heterocycles. The van der Waals surface area contributed by atoms with Crippen LogP contribution in [-0.4, -0.2) is 11.3 Å². The fraction of sp³-hybridized carbons (Fsp3) is 0. The number of benzene rings is 4. The summed E-state index contributed by atoms with van der Waals surface area (Å²) in [5.41, 5.74) is 1.63. The van der Waals surface area contributed by atoms with Gasteiger partial charge in [0, 0.05) is 11.8 Å². The minimum absolute atomic E-state index is 0.185. The van der Waals surface area contributed by atoms with Crippen LogP contribution in [0.3, 0.4) is 0 Å². The van der Waals surface area contributed by atoms with E-state index in [2.05, 4.69) is 71.7 Å². The highest BCUT2D eigenvalue weighted by Crippen LogP contribution is 2.34. The average molecular weight is 381 g/mol. The Morgan fingerprint density at radius 3 is 1.79 bits per heavy atom. The number of aliphatic imine (C=N–C) groups is 1. The summed E-state index contributed by atoms with van der Waals surface area (Å²) in [6.07, 6.45) is 1.85. The number of hydrogen-bond acceptors (Lipinski definition) is 2. The molecule has 3 heteroatoms. The standard InChI is InChI=1S/C25H20NOP/c27-24-17-9-8-16-23(24)26-19-20-11-7-10-18-25(20)28(21-12-3-1-4-13-21)22-14-5-2-6-15-22/h1-19,27H. The molecule has 0 aromatic heterocycles. The molecule has 4 aromatic rings. The molecule has 0 saturated carbocycles. The molecule has 0 fully saturated rings. The van der Waals surface area contributed by atoms with E-state index in [9.17, 15) is 5.11 Å². The summed E-state index contributed by atoms with van der Waals surface area (Å²) in [5, 5.41) is 13.9. The van der Waals surface area contributed by atoms with Gasteiger partial charge in [0.2, 0.25) is 0 Å². The van der Waals surface area contributed by atoms with Gasteiger partial charge in [-0.05, 0) is 36.0 Å². The van der Waals surface area contributed by atoms with Gasteiger partial charge in [0.1, 0.15) is 11.4 Å². The van der Waals surface area contributed by atoms with Crippen molar-refractivity contribution >= 4 is 35.7 Å². The highest BCUT2D eigenvalue weighted by molar-refractivity contribution is 7.80. The lowest BCUT2D eigenvalue weighted by molar-refractivity contribution is 0.477. The van der Waals surface area contributed by atoms with Crippen molar-refractivity contribution in [2.45, 2.75) is 0 Å². The van der Waals surface area contributed by atoms with E-state index in [0.29, 0.717) is 5.69 Å². The van der Waals surface area contributed by atoms with Crippen molar-refractivity contribution in [2.75, 3.05) is 0 Å². The van der Waals surface area contributed by atoms with Crippen LogP contribution in [0.2, 0.25) is 0 Å². The molecule has 4 rings (SSSR count). The van der Waals surface area contributed by atoms with Gasteiger partial charge in [0.25, 0.3) is 0 Å². The predicted molar refractivity (Wildman–Crippen MR) is 121 cm³/mol. The van der Waals surface area contributed by atoms with Crippen LogP contribution in [0.4, 0.5) is 5.69 Å². The molecule has 0 radical (unpaired) electrons. The Balaban J connectivity index is 1.81. The summed E-state index contributed by atoms with van der Waals surface area (Å²) in [4.78, 5) is 4.54. The van der Waals surface area contributed by atoms with Gasteiger partial charge in [-0.3, -0.25) is 4.99 Å². The fourth-order valence-electron chi connectivity index (χ4n) is 3.09. The molecule has 0 saturated heterocycles. The van der Waals surface area contributed by atoms with Gasteiger partial charge in [-0.1, -0.05) is 97.1 Å². The van der Waals surface area contributed by atoms with Gasteiger partial charge in [-0.2, -0.15) is 0 Å². The summed E-state index contributed by atoms with van der Waals surface area (Å²) in [7, 11) is -0.709. The van der Waals surface area contributed by atoms with Crippen LogP contribution in [0.15, 0.2) is 114 Å². The Labute approximate surface area is 166 Å². The van der Waals surface area contributed by atoms with Crippen molar-refractivity contribution in [3.63, 3.8) is 0 Å². The van der Waals surface area contributed by atoms with Crippen LogP contribution >= 0.6 is 7.92 Å². The minimum Gasteiger partial charge on any atom is -0.506 e. The zero-order valence-electron chi connectivity index (χ0n) is 15.3. The molecular formula is C25H20NOP. The molecule has 0 spiro atoms. The van der Waals surface area contributed by atoms with E-state index in [4.69, 9.17) is 0 Å². The Morgan fingerprint density at radius 1 is 0.607 bits per heavy atom. The number of aromatic hydroxyl groups is 1. The van der Waals surface area contributed by atoms with Crippen LogP contribution < -0.4 is 15.9 Å². The summed E-state index contributed by atoms with van der Waals surface area (Å²) in [6, 6.07) is 36.7. The van der Waals surface area contributed by atoms with Crippen molar-refractivity contribution in [3.8, 4) is 5.75 Å². The maximum Gasteiger partial charge on any atom is 0.141 e. The zero-order chi connectivity index (χ0) is 19.2. The Bertz CT molecular complexity index is 1040. The smallest absolute Gasteiger partial charge is 0.141 e. The van der Waals surface area contributed by atoms with Gasteiger partial charge >= 0.3 is 0 Å². The summed E-state index contributed by atoms with van der Waals surface area (Å²) in [6.45, 7) is 0. The second kappa shape index (κ2) is 8.65. The second-order valence-electron chi connectivity index (χ2n) is 6.31. The summed E-state index contributed by atoms with van der Waals surface area (Å²) < 4.78 is 0. The van der Waals surface area contributed by atoms with Gasteiger partial charge in [-0.15, -0.1) is 0 Å². The van der Waals surface area contributed by atoms with Gasteiger partial charge < -0.3 is 5.11 Å². The molecule has 0 aliphatic carbocycles. The first kappa shape index (κ1) is 18.2. The molecule has 2 nitrogen and oxygen atoms in total. The van der Waals surface area contributed by atoms with Crippen molar-refractivity contribution in [2.24, 2.45) is 4.99 Å². The van der Waals surface area contributed by atoms with Crippen LogP contribution in [-0.2, 0) is 0 Å². The van der Waals surface area contributed by atoms with E-state index in [-0.39, 0.29) is 5.75 Å². The minimum atomic E-state index is -0.709. The van der Waals surface area contributed by atoms with Crippen molar-refractivity contribution in [3.05, 3.63) is 115 Å². The van der Waals surface area contributed by atoms with Gasteiger partial charge in [0.05, 0.1) is 0 Å². The summed E-state index contributed by atoms with van der Waals surface area (Å²) >= 11 is 0. The predicted octanol–water partition coefficient (Wildman–Crippen LogP) is 4.90. The largest absolute Gasteiger partial charge is 0.506 e. The quantitative estimate of drug-likeness (QED) is 0.387. The Kier molecular flexibility index (Phi) is 5.61. The fourth-order valence-corrected chi connectivity index (χ4v) is 5.51. The average Bonchev–Trinajstić information content (AvgIpc) is 2.76. The monoisotopic (exact) mass is 381 g/mol. The molecular weight excluding hydrogens is 361 g/mol. The lowest BCUT2D eigenvalue weighted by atomic mass is 10.2. The molecule has 0 unspecified atom stereocenters.